The summed E-state index contributed by atoms with van der Waals surface area (Å²) in [5.74, 6) is -2.95. The van der Waals surface area contributed by atoms with Crippen molar-refractivity contribution in [3.8, 4) is 11.4 Å². The van der Waals surface area contributed by atoms with Crippen LogP contribution in [0, 0.1) is 11.6 Å². The molecule has 0 atom stereocenters. The zero-order valence-electron chi connectivity index (χ0n) is 8.33. The summed E-state index contributed by atoms with van der Waals surface area (Å²) in [5, 5.41) is -0.0116. The Morgan fingerprint density at radius 1 is 1.29 bits per heavy atom. The standard InChI is InChI=1S/C10H6ClF3N2O/c11-10-15-3-4-16(10)6-1-2-7(17-5-12)9(14)8(6)13/h1-4H,5H2. The van der Waals surface area contributed by atoms with Crippen molar-refractivity contribution in [3.63, 3.8) is 0 Å². The largest absolute Gasteiger partial charge is 0.460 e. The lowest BCUT2D eigenvalue weighted by atomic mass is 10.2. The van der Waals surface area contributed by atoms with E-state index >= 15 is 0 Å². The first-order chi connectivity index (χ1) is 8.15. The van der Waals surface area contributed by atoms with Gasteiger partial charge in [0.15, 0.2) is 11.6 Å². The minimum atomic E-state index is -1.27. The number of alkyl halides is 1. The van der Waals surface area contributed by atoms with Crippen LogP contribution in [0.25, 0.3) is 5.69 Å². The molecule has 0 fully saturated rings. The lowest BCUT2D eigenvalue weighted by Crippen LogP contribution is -2.02. The molecule has 0 saturated heterocycles. The van der Waals surface area contributed by atoms with E-state index in [-0.39, 0.29) is 11.0 Å². The average molecular weight is 263 g/mol. The van der Waals surface area contributed by atoms with E-state index in [2.05, 4.69) is 9.72 Å². The molecule has 0 aliphatic carbocycles. The molecule has 1 heterocycles. The smallest absolute Gasteiger partial charge is 0.228 e. The summed E-state index contributed by atoms with van der Waals surface area (Å²) in [4.78, 5) is 3.67. The van der Waals surface area contributed by atoms with Gasteiger partial charge in [0.25, 0.3) is 0 Å². The molecule has 0 aliphatic heterocycles. The van der Waals surface area contributed by atoms with Gasteiger partial charge >= 0.3 is 0 Å². The number of ether oxygens (including phenoxy) is 1. The van der Waals surface area contributed by atoms with Gasteiger partial charge in [0, 0.05) is 12.4 Å². The predicted octanol–water partition coefficient (Wildman–Crippen LogP) is 3.11. The minimum absolute atomic E-state index is 0.0116. The van der Waals surface area contributed by atoms with Crippen molar-refractivity contribution in [2.45, 2.75) is 0 Å². The number of halogens is 4. The van der Waals surface area contributed by atoms with E-state index in [0.717, 1.165) is 10.6 Å². The first kappa shape index (κ1) is 11.8. The Morgan fingerprint density at radius 2 is 2.06 bits per heavy atom. The summed E-state index contributed by atoms with van der Waals surface area (Å²) >= 11 is 5.67. The first-order valence-electron chi connectivity index (χ1n) is 4.51. The molecule has 1 aromatic carbocycles. The minimum Gasteiger partial charge on any atom is -0.460 e. The zero-order valence-corrected chi connectivity index (χ0v) is 9.09. The zero-order chi connectivity index (χ0) is 12.4. The van der Waals surface area contributed by atoms with Crippen LogP contribution in [0.5, 0.6) is 5.75 Å². The van der Waals surface area contributed by atoms with Crippen LogP contribution < -0.4 is 4.74 Å². The van der Waals surface area contributed by atoms with Crippen molar-refractivity contribution in [2.75, 3.05) is 6.86 Å². The fraction of sp³-hybridized carbons (Fsp3) is 0.100. The number of imidazole rings is 1. The second-order valence-electron chi connectivity index (χ2n) is 3.03. The van der Waals surface area contributed by atoms with E-state index in [1.54, 1.807) is 0 Å². The van der Waals surface area contributed by atoms with Crippen LogP contribution >= 0.6 is 11.6 Å². The van der Waals surface area contributed by atoms with Crippen molar-refractivity contribution in [1.29, 1.82) is 0 Å². The molecule has 0 bridgehead atoms. The molecule has 0 radical (unpaired) electrons. The van der Waals surface area contributed by atoms with E-state index in [0.29, 0.717) is 0 Å². The van der Waals surface area contributed by atoms with E-state index < -0.39 is 24.2 Å². The van der Waals surface area contributed by atoms with Crippen molar-refractivity contribution in [3.05, 3.63) is 41.4 Å². The van der Waals surface area contributed by atoms with Gasteiger partial charge in [-0.2, -0.15) is 4.39 Å². The number of rotatable bonds is 3. The fourth-order valence-electron chi connectivity index (χ4n) is 1.34. The molecule has 90 valence electrons. The molecule has 1 aromatic heterocycles. The van der Waals surface area contributed by atoms with Gasteiger partial charge in [0.2, 0.25) is 18.0 Å². The molecular weight excluding hydrogens is 257 g/mol. The highest BCUT2D eigenvalue weighted by atomic mass is 35.5. The fourth-order valence-corrected chi connectivity index (χ4v) is 1.55. The number of nitrogens with zero attached hydrogens (tertiary/aromatic N) is 2. The summed E-state index contributed by atoms with van der Waals surface area (Å²) < 4.78 is 44.4. The van der Waals surface area contributed by atoms with Gasteiger partial charge in [-0.3, -0.25) is 4.57 Å². The summed E-state index contributed by atoms with van der Waals surface area (Å²) in [6.45, 7) is -1.23. The maximum absolute atomic E-state index is 13.6. The molecule has 7 heteroatoms. The number of aromatic nitrogens is 2. The van der Waals surface area contributed by atoms with Crippen molar-refractivity contribution >= 4 is 11.6 Å². The van der Waals surface area contributed by atoms with Gasteiger partial charge in [-0.05, 0) is 23.7 Å². The van der Waals surface area contributed by atoms with Crippen molar-refractivity contribution in [1.82, 2.24) is 9.55 Å². The predicted molar refractivity (Wildman–Crippen MR) is 55.1 cm³/mol. The van der Waals surface area contributed by atoms with E-state index in [9.17, 15) is 13.2 Å². The summed E-state index contributed by atoms with van der Waals surface area (Å²) in [6, 6.07) is 2.33. The highest BCUT2D eigenvalue weighted by molar-refractivity contribution is 6.28. The third kappa shape index (κ3) is 2.08. The van der Waals surface area contributed by atoms with Gasteiger partial charge in [-0.25, -0.2) is 13.8 Å². The average Bonchev–Trinajstić information content (AvgIpc) is 2.72. The van der Waals surface area contributed by atoms with Crippen LogP contribution in [-0.2, 0) is 0 Å². The molecule has 3 nitrogen and oxygen atoms in total. The third-order valence-corrected chi connectivity index (χ3v) is 2.37. The molecule has 17 heavy (non-hydrogen) atoms. The third-order valence-electron chi connectivity index (χ3n) is 2.09. The van der Waals surface area contributed by atoms with Crippen LogP contribution in [-0.4, -0.2) is 16.4 Å². The Hall–Kier alpha value is -1.69. The Kier molecular flexibility index (Phi) is 3.23. The number of hydrogen-bond acceptors (Lipinski definition) is 2. The van der Waals surface area contributed by atoms with Crippen LogP contribution in [0.2, 0.25) is 5.28 Å². The van der Waals surface area contributed by atoms with Crippen LogP contribution in [0.1, 0.15) is 0 Å². The maximum Gasteiger partial charge on any atom is 0.228 e. The van der Waals surface area contributed by atoms with Gasteiger partial charge < -0.3 is 4.74 Å². The maximum atomic E-state index is 13.6. The SMILES string of the molecule is FCOc1ccc(-n2ccnc2Cl)c(F)c1F. The summed E-state index contributed by atoms with van der Waals surface area (Å²) in [6.07, 6.45) is 2.71. The molecule has 0 saturated carbocycles. The summed E-state index contributed by atoms with van der Waals surface area (Å²) in [7, 11) is 0. The van der Waals surface area contributed by atoms with Gasteiger partial charge in [-0.1, -0.05) is 0 Å². The highest BCUT2D eigenvalue weighted by Gasteiger charge is 2.17. The normalized spacial score (nSPS) is 10.6. The second-order valence-corrected chi connectivity index (χ2v) is 3.37. The molecular formula is C10H6ClF3N2O. The lowest BCUT2D eigenvalue weighted by molar-refractivity contribution is 0.182. The molecule has 0 spiro atoms. The van der Waals surface area contributed by atoms with Crippen LogP contribution in [0.4, 0.5) is 13.2 Å². The molecule has 0 unspecified atom stereocenters. The number of benzene rings is 1. The topological polar surface area (TPSA) is 27.1 Å². The van der Waals surface area contributed by atoms with Crippen LogP contribution in [0.15, 0.2) is 24.5 Å². The Morgan fingerprint density at radius 3 is 2.65 bits per heavy atom. The number of hydrogen-bond donors (Lipinski definition) is 0. The van der Waals surface area contributed by atoms with E-state index in [4.69, 9.17) is 11.6 Å². The van der Waals surface area contributed by atoms with E-state index in [1.165, 1.54) is 18.5 Å². The molecule has 0 aliphatic rings. The molecule has 0 N–H and O–H groups in total. The molecule has 2 rings (SSSR count). The lowest BCUT2D eigenvalue weighted by Gasteiger charge is -2.09. The van der Waals surface area contributed by atoms with Gasteiger partial charge in [0.1, 0.15) is 0 Å². The van der Waals surface area contributed by atoms with Crippen LogP contribution in [0.3, 0.4) is 0 Å². The quantitative estimate of drug-likeness (QED) is 0.850. The van der Waals surface area contributed by atoms with Crippen molar-refractivity contribution in [2.24, 2.45) is 0 Å². The van der Waals surface area contributed by atoms with Gasteiger partial charge in [0.05, 0.1) is 5.69 Å². The van der Waals surface area contributed by atoms with Crippen molar-refractivity contribution < 1.29 is 17.9 Å². The highest BCUT2D eigenvalue weighted by Crippen LogP contribution is 2.26. The second kappa shape index (κ2) is 4.67. The Balaban J connectivity index is 2.51. The Bertz CT molecular complexity index is 544. The first-order valence-corrected chi connectivity index (χ1v) is 4.89. The molecule has 2 aromatic rings. The van der Waals surface area contributed by atoms with E-state index in [1.807, 2.05) is 0 Å². The molecule has 0 amide bonds. The Labute approximate surface area is 99.4 Å². The summed E-state index contributed by atoms with van der Waals surface area (Å²) in [5.41, 5.74) is -0.129. The monoisotopic (exact) mass is 262 g/mol. The van der Waals surface area contributed by atoms with Gasteiger partial charge in [-0.15, -0.1) is 0 Å².